The van der Waals surface area contributed by atoms with Crippen molar-refractivity contribution in [2.45, 2.75) is 65.5 Å². The van der Waals surface area contributed by atoms with E-state index in [2.05, 4.69) is 51.2 Å². The van der Waals surface area contributed by atoms with Gasteiger partial charge in [-0.15, -0.1) is 0 Å². The Labute approximate surface area is 168 Å². The monoisotopic (exact) mass is 389 g/mol. The summed E-state index contributed by atoms with van der Waals surface area (Å²) >= 11 is 0. The minimum atomic E-state index is -0.485. The normalized spacial score (nSPS) is 12.5. The summed E-state index contributed by atoms with van der Waals surface area (Å²) in [5.41, 5.74) is 3.76. The molecule has 2 nitrogen and oxygen atoms in total. The van der Waals surface area contributed by atoms with Crippen molar-refractivity contribution >= 4 is 0 Å². The Kier molecular flexibility index (Phi) is 9.07. The zero-order valence-electron chi connectivity index (χ0n) is 17.5. The third-order valence-corrected chi connectivity index (χ3v) is 5.39. The summed E-state index contributed by atoms with van der Waals surface area (Å²) in [6, 6.07) is 10.7. The van der Waals surface area contributed by atoms with Crippen LogP contribution in [0.15, 0.2) is 36.4 Å². The average Bonchev–Trinajstić information content (AvgIpc) is 2.67. The number of benzene rings is 2. The fourth-order valence-electron chi connectivity index (χ4n) is 3.68. The number of nitrogens with one attached hydrogen (secondary N) is 1. The summed E-state index contributed by atoms with van der Waals surface area (Å²) < 4.78 is 33.8. The molecule has 1 unspecified atom stereocenters. The van der Waals surface area contributed by atoms with Crippen molar-refractivity contribution in [3.8, 4) is 0 Å². The lowest BCUT2D eigenvalue weighted by molar-refractivity contribution is 0.0479. The minimum Gasteiger partial charge on any atom is -0.372 e. The van der Waals surface area contributed by atoms with Gasteiger partial charge in [-0.25, -0.2) is 8.78 Å². The van der Waals surface area contributed by atoms with E-state index in [0.29, 0.717) is 25.5 Å². The van der Waals surface area contributed by atoms with Crippen molar-refractivity contribution in [3.63, 3.8) is 0 Å². The van der Waals surface area contributed by atoms with E-state index in [0.717, 1.165) is 19.4 Å². The average molecular weight is 390 g/mol. The van der Waals surface area contributed by atoms with E-state index in [1.165, 1.54) is 34.9 Å². The fraction of sp³-hybridized carbons (Fsp3) is 0.500. The van der Waals surface area contributed by atoms with Crippen molar-refractivity contribution in [2.24, 2.45) is 0 Å². The molecule has 0 aliphatic carbocycles. The molecular weight excluding hydrogens is 356 g/mol. The molecule has 0 spiro atoms. The lowest BCUT2D eigenvalue weighted by atomic mass is 9.97. The van der Waals surface area contributed by atoms with Crippen LogP contribution in [0.1, 0.15) is 61.5 Å². The molecule has 0 fully saturated rings. The van der Waals surface area contributed by atoms with Crippen molar-refractivity contribution in [3.05, 3.63) is 70.3 Å². The van der Waals surface area contributed by atoms with Gasteiger partial charge in [0.25, 0.3) is 0 Å². The molecule has 0 aliphatic heterocycles. The van der Waals surface area contributed by atoms with E-state index in [-0.39, 0.29) is 11.7 Å². The Morgan fingerprint density at radius 1 is 0.929 bits per heavy atom. The summed E-state index contributed by atoms with van der Waals surface area (Å²) in [4.78, 5) is 0. The Bertz CT molecular complexity index is 703. The van der Waals surface area contributed by atoms with Crippen LogP contribution in [0.5, 0.6) is 0 Å². The minimum absolute atomic E-state index is 0.0766. The van der Waals surface area contributed by atoms with Crippen LogP contribution < -0.4 is 5.32 Å². The first kappa shape index (κ1) is 22.5. The zero-order chi connectivity index (χ0) is 20.5. The van der Waals surface area contributed by atoms with Crippen LogP contribution in [0.2, 0.25) is 0 Å². The third kappa shape index (κ3) is 6.11. The molecule has 1 atom stereocenters. The van der Waals surface area contributed by atoms with Crippen LogP contribution in [-0.4, -0.2) is 19.2 Å². The topological polar surface area (TPSA) is 21.3 Å². The van der Waals surface area contributed by atoms with Crippen LogP contribution in [0.3, 0.4) is 0 Å². The molecule has 2 aromatic carbocycles. The van der Waals surface area contributed by atoms with E-state index >= 15 is 0 Å². The lowest BCUT2D eigenvalue weighted by Crippen LogP contribution is -2.33. The van der Waals surface area contributed by atoms with Crippen LogP contribution in [-0.2, 0) is 11.2 Å². The van der Waals surface area contributed by atoms with Gasteiger partial charge in [0.05, 0.1) is 6.10 Å². The van der Waals surface area contributed by atoms with Gasteiger partial charge in [-0.1, -0.05) is 38.1 Å². The molecule has 2 aromatic rings. The quantitative estimate of drug-likeness (QED) is 0.472. The van der Waals surface area contributed by atoms with Gasteiger partial charge >= 0.3 is 0 Å². The van der Waals surface area contributed by atoms with Crippen molar-refractivity contribution < 1.29 is 13.5 Å². The van der Waals surface area contributed by atoms with Crippen molar-refractivity contribution in [2.75, 3.05) is 13.2 Å². The highest BCUT2D eigenvalue weighted by molar-refractivity contribution is 5.35. The molecule has 154 valence electrons. The van der Waals surface area contributed by atoms with Crippen LogP contribution >= 0.6 is 0 Å². The maximum atomic E-state index is 13.8. The maximum absolute atomic E-state index is 13.8. The SMILES string of the molecule is CCC(CC)NCC(OCCCc1c(F)cccc1F)c1c(C)cccc1C. The Balaban J connectivity index is 2.03. The predicted octanol–water partition coefficient (Wildman–Crippen LogP) is 6.05. The Hall–Kier alpha value is -1.78. The summed E-state index contributed by atoms with van der Waals surface area (Å²) in [6.07, 6.45) is 2.97. The molecule has 0 radical (unpaired) electrons. The van der Waals surface area contributed by atoms with Gasteiger partial charge in [0.15, 0.2) is 0 Å². The van der Waals surface area contributed by atoms with Crippen LogP contribution in [0.25, 0.3) is 0 Å². The van der Waals surface area contributed by atoms with E-state index in [4.69, 9.17) is 4.74 Å². The molecule has 1 N–H and O–H groups in total. The summed E-state index contributed by atoms with van der Waals surface area (Å²) in [5.74, 6) is -0.969. The molecule has 2 rings (SSSR count). The molecule has 0 amide bonds. The summed E-state index contributed by atoms with van der Waals surface area (Å²) in [7, 11) is 0. The van der Waals surface area contributed by atoms with E-state index in [1.54, 1.807) is 0 Å². The number of hydrogen-bond acceptors (Lipinski definition) is 2. The molecule has 0 aromatic heterocycles. The zero-order valence-corrected chi connectivity index (χ0v) is 17.5. The number of ether oxygens (including phenoxy) is 1. The van der Waals surface area contributed by atoms with E-state index in [1.807, 2.05) is 0 Å². The molecule has 0 bridgehead atoms. The first-order valence-corrected chi connectivity index (χ1v) is 10.3. The molecule has 0 saturated carbocycles. The largest absolute Gasteiger partial charge is 0.372 e. The van der Waals surface area contributed by atoms with Gasteiger partial charge < -0.3 is 10.1 Å². The van der Waals surface area contributed by atoms with Gasteiger partial charge in [0, 0.05) is 24.8 Å². The first-order chi connectivity index (χ1) is 13.5. The molecule has 0 aliphatic rings. The maximum Gasteiger partial charge on any atom is 0.129 e. The Morgan fingerprint density at radius 3 is 2.07 bits per heavy atom. The predicted molar refractivity (Wildman–Crippen MR) is 112 cm³/mol. The molecule has 4 heteroatoms. The third-order valence-electron chi connectivity index (χ3n) is 5.39. The van der Waals surface area contributed by atoms with Gasteiger partial charge in [0.2, 0.25) is 0 Å². The number of aryl methyl sites for hydroxylation is 2. The second-order valence-electron chi connectivity index (χ2n) is 7.39. The van der Waals surface area contributed by atoms with Gasteiger partial charge in [-0.05, 0) is 68.4 Å². The van der Waals surface area contributed by atoms with E-state index in [9.17, 15) is 8.78 Å². The number of halogens is 2. The van der Waals surface area contributed by atoms with Gasteiger partial charge in [-0.3, -0.25) is 0 Å². The van der Waals surface area contributed by atoms with Crippen molar-refractivity contribution in [1.29, 1.82) is 0 Å². The number of rotatable bonds is 11. The van der Waals surface area contributed by atoms with Crippen LogP contribution in [0, 0.1) is 25.5 Å². The second kappa shape index (κ2) is 11.3. The molecule has 0 saturated heterocycles. The van der Waals surface area contributed by atoms with Gasteiger partial charge in [-0.2, -0.15) is 0 Å². The summed E-state index contributed by atoms with van der Waals surface area (Å²) in [6.45, 7) is 9.75. The highest BCUT2D eigenvalue weighted by atomic mass is 19.1. The first-order valence-electron chi connectivity index (χ1n) is 10.3. The smallest absolute Gasteiger partial charge is 0.129 e. The van der Waals surface area contributed by atoms with Crippen LogP contribution in [0.4, 0.5) is 8.78 Å². The second-order valence-corrected chi connectivity index (χ2v) is 7.39. The Morgan fingerprint density at radius 2 is 1.50 bits per heavy atom. The molecule has 28 heavy (non-hydrogen) atoms. The van der Waals surface area contributed by atoms with Crippen molar-refractivity contribution in [1.82, 2.24) is 5.32 Å². The highest BCUT2D eigenvalue weighted by Gasteiger charge is 2.18. The lowest BCUT2D eigenvalue weighted by Gasteiger charge is -2.25. The summed E-state index contributed by atoms with van der Waals surface area (Å²) in [5, 5.41) is 3.60. The number of hydrogen-bond donors (Lipinski definition) is 1. The fourth-order valence-corrected chi connectivity index (χ4v) is 3.68. The standard InChI is InChI=1S/C24H33F2NO/c1-5-19(6-2)27-16-23(24-17(3)10-7-11-18(24)4)28-15-9-12-20-21(25)13-8-14-22(20)26/h7-8,10-11,13-14,19,23,27H,5-6,9,12,15-16H2,1-4H3. The molecular formula is C24H33F2NO. The molecule has 0 heterocycles. The van der Waals surface area contributed by atoms with Gasteiger partial charge in [0.1, 0.15) is 11.6 Å². The van der Waals surface area contributed by atoms with E-state index < -0.39 is 11.6 Å². The highest BCUT2D eigenvalue weighted by Crippen LogP contribution is 2.25.